The Hall–Kier alpha value is -1.75. The van der Waals surface area contributed by atoms with Gasteiger partial charge in [-0.3, -0.25) is 4.79 Å². The monoisotopic (exact) mass is 321 g/mol. The fraction of sp³-hybridized carbons (Fsp3) is 0.611. The van der Waals surface area contributed by atoms with E-state index < -0.39 is 0 Å². The van der Waals surface area contributed by atoms with Crippen molar-refractivity contribution < 1.29 is 19.0 Å². The molecule has 128 valence electrons. The molecule has 0 bridgehead atoms. The Balaban J connectivity index is 2.14. The molecule has 1 saturated heterocycles. The Labute approximate surface area is 138 Å². The van der Waals surface area contributed by atoms with Crippen LogP contribution in [0.4, 0.5) is 0 Å². The van der Waals surface area contributed by atoms with Crippen molar-refractivity contribution in [2.75, 3.05) is 26.8 Å². The van der Waals surface area contributed by atoms with E-state index in [0.717, 1.165) is 0 Å². The first-order valence-corrected chi connectivity index (χ1v) is 8.16. The normalized spacial score (nSPS) is 21.4. The number of rotatable bonds is 5. The smallest absolute Gasteiger partial charge is 0.254 e. The summed E-state index contributed by atoms with van der Waals surface area (Å²) >= 11 is 0. The number of benzene rings is 1. The van der Waals surface area contributed by atoms with Gasteiger partial charge in [-0.05, 0) is 38.0 Å². The first-order chi connectivity index (χ1) is 10.9. The largest absolute Gasteiger partial charge is 0.493 e. The van der Waals surface area contributed by atoms with E-state index in [1.807, 2.05) is 24.8 Å². The zero-order valence-corrected chi connectivity index (χ0v) is 14.7. The van der Waals surface area contributed by atoms with E-state index >= 15 is 0 Å². The van der Waals surface area contributed by atoms with Crippen molar-refractivity contribution in [1.82, 2.24) is 4.90 Å². The molecule has 0 saturated carbocycles. The van der Waals surface area contributed by atoms with Gasteiger partial charge in [-0.15, -0.1) is 0 Å². The zero-order chi connectivity index (χ0) is 17.0. The predicted octanol–water partition coefficient (Wildman–Crippen LogP) is 2.98. The topological polar surface area (TPSA) is 48.0 Å². The van der Waals surface area contributed by atoms with Crippen LogP contribution in [0.25, 0.3) is 0 Å². The molecule has 1 amide bonds. The number of carbonyl (C=O) groups is 1. The Morgan fingerprint density at radius 1 is 1.26 bits per heavy atom. The highest BCUT2D eigenvalue weighted by atomic mass is 16.5. The lowest BCUT2D eigenvalue weighted by Gasteiger charge is -2.35. The van der Waals surface area contributed by atoms with Gasteiger partial charge in [0, 0.05) is 18.7 Å². The van der Waals surface area contributed by atoms with Crippen molar-refractivity contribution in [3.8, 4) is 11.5 Å². The van der Waals surface area contributed by atoms with E-state index in [4.69, 9.17) is 14.2 Å². The maximum absolute atomic E-state index is 12.7. The van der Waals surface area contributed by atoms with E-state index in [9.17, 15) is 4.79 Å². The standard InChI is InChI=1S/C18H27NO4/c1-12(2)11-22-16-7-6-15(8-17(16)21-5)18(20)19-9-13(3)23-14(4)10-19/h6-8,12-14H,9-11H2,1-5H3. The molecule has 0 aromatic heterocycles. The molecule has 2 unspecified atom stereocenters. The Kier molecular flexibility index (Phi) is 5.88. The minimum absolute atomic E-state index is 0.000657. The van der Waals surface area contributed by atoms with Crippen molar-refractivity contribution in [3.63, 3.8) is 0 Å². The summed E-state index contributed by atoms with van der Waals surface area (Å²) in [4.78, 5) is 14.5. The van der Waals surface area contributed by atoms with Gasteiger partial charge in [0.1, 0.15) is 0 Å². The summed E-state index contributed by atoms with van der Waals surface area (Å²) in [6.45, 7) is 9.98. The summed E-state index contributed by atoms with van der Waals surface area (Å²) in [5.41, 5.74) is 0.611. The summed E-state index contributed by atoms with van der Waals surface area (Å²) in [5.74, 6) is 1.69. The van der Waals surface area contributed by atoms with Crippen molar-refractivity contribution >= 4 is 5.91 Å². The highest BCUT2D eigenvalue weighted by molar-refractivity contribution is 5.95. The lowest BCUT2D eigenvalue weighted by atomic mass is 10.1. The number of ether oxygens (including phenoxy) is 3. The number of hydrogen-bond acceptors (Lipinski definition) is 4. The number of nitrogens with zero attached hydrogens (tertiary/aromatic N) is 1. The highest BCUT2D eigenvalue weighted by Gasteiger charge is 2.27. The SMILES string of the molecule is COc1cc(C(=O)N2CC(C)OC(C)C2)ccc1OCC(C)C. The molecule has 1 heterocycles. The van der Waals surface area contributed by atoms with E-state index in [0.29, 0.717) is 42.7 Å². The number of hydrogen-bond donors (Lipinski definition) is 0. The van der Waals surface area contributed by atoms with Gasteiger partial charge in [-0.1, -0.05) is 13.8 Å². The maximum atomic E-state index is 12.7. The van der Waals surface area contributed by atoms with E-state index in [1.54, 1.807) is 19.2 Å². The molecule has 2 atom stereocenters. The molecule has 0 aliphatic carbocycles. The second-order valence-electron chi connectivity index (χ2n) is 6.54. The van der Waals surface area contributed by atoms with E-state index in [-0.39, 0.29) is 18.1 Å². The first kappa shape index (κ1) is 17.6. The number of methoxy groups -OCH3 is 1. The van der Waals surface area contributed by atoms with Crippen LogP contribution in [-0.2, 0) is 4.74 Å². The second kappa shape index (κ2) is 7.68. The third-order valence-electron chi connectivity index (χ3n) is 3.69. The molecule has 1 aromatic carbocycles. The van der Waals surface area contributed by atoms with Crippen LogP contribution in [0.1, 0.15) is 38.1 Å². The minimum atomic E-state index is 0.000657. The van der Waals surface area contributed by atoms with Crippen LogP contribution in [0.3, 0.4) is 0 Å². The molecular weight excluding hydrogens is 294 g/mol. The fourth-order valence-corrected chi connectivity index (χ4v) is 2.70. The van der Waals surface area contributed by atoms with Crippen LogP contribution in [0.15, 0.2) is 18.2 Å². The maximum Gasteiger partial charge on any atom is 0.254 e. The van der Waals surface area contributed by atoms with Gasteiger partial charge in [-0.25, -0.2) is 0 Å². The quantitative estimate of drug-likeness (QED) is 0.836. The lowest BCUT2D eigenvalue weighted by molar-refractivity contribution is -0.0586. The fourth-order valence-electron chi connectivity index (χ4n) is 2.70. The van der Waals surface area contributed by atoms with Crippen molar-refractivity contribution in [2.24, 2.45) is 5.92 Å². The van der Waals surface area contributed by atoms with Gasteiger partial charge in [0.05, 0.1) is 25.9 Å². The van der Waals surface area contributed by atoms with Crippen LogP contribution < -0.4 is 9.47 Å². The zero-order valence-electron chi connectivity index (χ0n) is 14.7. The van der Waals surface area contributed by atoms with Gasteiger partial charge in [-0.2, -0.15) is 0 Å². The molecule has 1 aliphatic heterocycles. The summed E-state index contributed by atoms with van der Waals surface area (Å²) < 4.78 is 16.8. The second-order valence-corrected chi connectivity index (χ2v) is 6.54. The Morgan fingerprint density at radius 2 is 1.91 bits per heavy atom. The van der Waals surface area contributed by atoms with E-state index in [2.05, 4.69) is 13.8 Å². The average molecular weight is 321 g/mol. The molecular formula is C18H27NO4. The Morgan fingerprint density at radius 3 is 2.48 bits per heavy atom. The molecule has 0 N–H and O–H groups in total. The van der Waals surface area contributed by atoms with E-state index in [1.165, 1.54) is 0 Å². The van der Waals surface area contributed by atoms with Crippen LogP contribution in [0, 0.1) is 5.92 Å². The number of morpholine rings is 1. The van der Waals surface area contributed by atoms with Crippen LogP contribution in [-0.4, -0.2) is 49.8 Å². The van der Waals surface area contributed by atoms with Gasteiger partial charge >= 0.3 is 0 Å². The van der Waals surface area contributed by atoms with Crippen molar-refractivity contribution in [2.45, 2.75) is 39.9 Å². The van der Waals surface area contributed by atoms with Crippen LogP contribution >= 0.6 is 0 Å². The van der Waals surface area contributed by atoms with Crippen LogP contribution in [0.5, 0.6) is 11.5 Å². The molecule has 5 nitrogen and oxygen atoms in total. The predicted molar refractivity (Wildman–Crippen MR) is 89.2 cm³/mol. The van der Waals surface area contributed by atoms with Crippen LogP contribution in [0.2, 0.25) is 0 Å². The number of amides is 1. The number of carbonyl (C=O) groups excluding carboxylic acids is 1. The molecule has 5 heteroatoms. The highest BCUT2D eigenvalue weighted by Crippen LogP contribution is 2.29. The van der Waals surface area contributed by atoms with Gasteiger partial charge in [0.25, 0.3) is 5.91 Å². The van der Waals surface area contributed by atoms with Gasteiger partial charge in [0.15, 0.2) is 11.5 Å². The summed E-state index contributed by atoms with van der Waals surface area (Å²) in [5, 5.41) is 0. The van der Waals surface area contributed by atoms with Crippen molar-refractivity contribution in [1.29, 1.82) is 0 Å². The third kappa shape index (κ3) is 4.61. The van der Waals surface area contributed by atoms with Gasteiger partial charge < -0.3 is 19.1 Å². The summed E-state index contributed by atoms with van der Waals surface area (Å²) in [6.07, 6.45) is 0.108. The molecule has 1 aliphatic rings. The molecule has 2 rings (SSSR count). The van der Waals surface area contributed by atoms with Gasteiger partial charge in [0.2, 0.25) is 0 Å². The summed E-state index contributed by atoms with van der Waals surface area (Å²) in [7, 11) is 1.59. The molecule has 1 fully saturated rings. The Bertz CT molecular complexity index is 534. The first-order valence-electron chi connectivity index (χ1n) is 8.16. The molecule has 0 radical (unpaired) electrons. The molecule has 1 aromatic rings. The van der Waals surface area contributed by atoms with Crippen molar-refractivity contribution in [3.05, 3.63) is 23.8 Å². The molecule has 23 heavy (non-hydrogen) atoms. The minimum Gasteiger partial charge on any atom is -0.493 e. The molecule has 0 spiro atoms. The summed E-state index contributed by atoms with van der Waals surface area (Å²) in [6, 6.07) is 5.36. The third-order valence-corrected chi connectivity index (χ3v) is 3.69. The lowest BCUT2D eigenvalue weighted by Crippen LogP contribution is -2.48. The average Bonchev–Trinajstić information content (AvgIpc) is 2.51.